The maximum atomic E-state index is 10.9. The summed E-state index contributed by atoms with van der Waals surface area (Å²) in [6, 6.07) is 4.15. The van der Waals surface area contributed by atoms with Crippen molar-refractivity contribution in [3.8, 4) is 11.5 Å². The number of carbonyl (C=O) groups is 1. The first-order valence-electron chi connectivity index (χ1n) is 4.70. The van der Waals surface area contributed by atoms with E-state index in [1.807, 2.05) is 0 Å². The highest BCUT2D eigenvalue weighted by Gasteiger charge is 2.12. The van der Waals surface area contributed by atoms with E-state index in [4.69, 9.17) is 16.2 Å². The molecule has 1 unspecified atom stereocenters. The summed E-state index contributed by atoms with van der Waals surface area (Å²) in [6.07, 6.45) is -0.865. The van der Waals surface area contributed by atoms with Gasteiger partial charge in [-0.3, -0.25) is 4.79 Å². The van der Waals surface area contributed by atoms with Crippen molar-refractivity contribution < 1.29 is 19.7 Å². The fourth-order valence-corrected chi connectivity index (χ4v) is 1.12. The molecule has 0 aliphatic carbocycles. The summed E-state index contributed by atoms with van der Waals surface area (Å²) in [5.74, 6) is -0.912. The second kappa shape index (κ2) is 5.45. The molecule has 0 bridgehead atoms. The average molecular weight is 226 g/mol. The van der Waals surface area contributed by atoms with Gasteiger partial charge < -0.3 is 26.4 Å². The molecule has 0 amide bonds. The SMILES string of the molecule is NCC(=O)Oc1cc(C(O)CN)ccc1O. The summed E-state index contributed by atoms with van der Waals surface area (Å²) in [5.41, 5.74) is 10.8. The van der Waals surface area contributed by atoms with Crippen LogP contribution in [0.2, 0.25) is 0 Å². The van der Waals surface area contributed by atoms with Crippen molar-refractivity contribution in [3.63, 3.8) is 0 Å². The maximum absolute atomic E-state index is 10.9. The Kier molecular flexibility index (Phi) is 4.24. The Morgan fingerprint density at radius 3 is 2.69 bits per heavy atom. The monoisotopic (exact) mass is 226 g/mol. The van der Waals surface area contributed by atoms with E-state index < -0.39 is 12.1 Å². The Morgan fingerprint density at radius 2 is 2.12 bits per heavy atom. The first-order chi connectivity index (χ1) is 7.58. The molecule has 1 rings (SSSR count). The van der Waals surface area contributed by atoms with Crippen LogP contribution in [0.3, 0.4) is 0 Å². The molecule has 0 aliphatic rings. The summed E-state index contributed by atoms with van der Waals surface area (Å²) in [6.45, 7) is -0.252. The highest BCUT2D eigenvalue weighted by Crippen LogP contribution is 2.29. The highest BCUT2D eigenvalue weighted by molar-refractivity contribution is 5.75. The lowest BCUT2D eigenvalue weighted by Gasteiger charge is -2.11. The molecule has 1 aromatic carbocycles. The topological polar surface area (TPSA) is 119 Å². The molecule has 88 valence electrons. The van der Waals surface area contributed by atoms with Crippen LogP contribution in [-0.4, -0.2) is 29.3 Å². The maximum Gasteiger partial charge on any atom is 0.325 e. The molecule has 0 aliphatic heterocycles. The number of phenols is 1. The minimum atomic E-state index is -0.865. The van der Waals surface area contributed by atoms with Crippen molar-refractivity contribution in [2.75, 3.05) is 13.1 Å². The number of rotatable bonds is 4. The number of esters is 1. The fraction of sp³-hybridized carbons (Fsp3) is 0.300. The van der Waals surface area contributed by atoms with E-state index in [9.17, 15) is 15.0 Å². The van der Waals surface area contributed by atoms with Gasteiger partial charge in [0.2, 0.25) is 0 Å². The molecule has 6 N–H and O–H groups in total. The van der Waals surface area contributed by atoms with E-state index in [0.717, 1.165) is 0 Å². The Labute approximate surface area is 92.4 Å². The Bertz CT molecular complexity index is 381. The van der Waals surface area contributed by atoms with Crippen molar-refractivity contribution >= 4 is 5.97 Å². The second-order valence-corrected chi connectivity index (χ2v) is 3.16. The first-order valence-corrected chi connectivity index (χ1v) is 4.70. The van der Waals surface area contributed by atoms with E-state index >= 15 is 0 Å². The molecule has 6 heteroatoms. The third kappa shape index (κ3) is 2.93. The van der Waals surface area contributed by atoms with Gasteiger partial charge in [0.15, 0.2) is 11.5 Å². The molecule has 1 atom stereocenters. The van der Waals surface area contributed by atoms with Crippen LogP contribution in [0.5, 0.6) is 11.5 Å². The number of aliphatic hydroxyl groups is 1. The quantitative estimate of drug-likeness (QED) is 0.396. The Hall–Kier alpha value is -1.63. The number of aliphatic hydroxyl groups excluding tert-OH is 1. The molecular formula is C10H14N2O4. The first kappa shape index (κ1) is 12.4. The van der Waals surface area contributed by atoms with E-state index in [-0.39, 0.29) is 24.6 Å². The predicted octanol–water partition coefficient (Wildman–Crippen LogP) is -0.752. The number of aromatic hydroxyl groups is 1. The number of carbonyl (C=O) groups excluding carboxylic acids is 1. The van der Waals surface area contributed by atoms with E-state index in [1.165, 1.54) is 18.2 Å². The highest BCUT2D eigenvalue weighted by atomic mass is 16.5. The smallest absolute Gasteiger partial charge is 0.325 e. The van der Waals surface area contributed by atoms with Gasteiger partial charge in [-0.25, -0.2) is 0 Å². The van der Waals surface area contributed by atoms with Gasteiger partial charge in [-0.15, -0.1) is 0 Å². The second-order valence-electron chi connectivity index (χ2n) is 3.16. The van der Waals surface area contributed by atoms with Crippen molar-refractivity contribution in [2.45, 2.75) is 6.10 Å². The molecule has 0 saturated carbocycles. The average Bonchev–Trinajstić information content (AvgIpc) is 2.30. The normalized spacial score (nSPS) is 12.2. The van der Waals surface area contributed by atoms with Crippen LogP contribution < -0.4 is 16.2 Å². The minimum Gasteiger partial charge on any atom is -0.504 e. The minimum absolute atomic E-state index is 0.0368. The Balaban J connectivity index is 2.94. The van der Waals surface area contributed by atoms with E-state index in [2.05, 4.69) is 0 Å². The van der Waals surface area contributed by atoms with Gasteiger partial charge in [-0.05, 0) is 17.7 Å². The van der Waals surface area contributed by atoms with Crippen molar-refractivity contribution in [2.24, 2.45) is 11.5 Å². The number of ether oxygens (including phenoxy) is 1. The largest absolute Gasteiger partial charge is 0.504 e. The number of nitrogens with two attached hydrogens (primary N) is 2. The standard InChI is InChI=1S/C10H14N2O4/c11-4-8(14)6-1-2-7(13)9(3-6)16-10(15)5-12/h1-3,8,13-14H,4-5,11-12H2. The summed E-state index contributed by atoms with van der Waals surface area (Å²) < 4.78 is 4.76. The van der Waals surface area contributed by atoms with Crippen LogP contribution in [0.1, 0.15) is 11.7 Å². The number of hydrogen-bond acceptors (Lipinski definition) is 6. The van der Waals surface area contributed by atoms with Gasteiger partial charge in [0.1, 0.15) is 0 Å². The van der Waals surface area contributed by atoms with Gasteiger partial charge in [-0.2, -0.15) is 0 Å². The molecule has 16 heavy (non-hydrogen) atoms. The summed E-state index contributed by atoms with van der Waals surface area (Å²) in [7, 11) is 0. The van der Waals surface area contributed by atoms with Crippen LogP contribution in [0.15, 0.2) is 18.2 Å². The zero-order valence-electron chi connectivity index (χ0n) is 8.59. The van der Waals surface area contributed by atoms with Crippen molar-refractivity contribution in [3.05, 3.63) is 23.8 Å². The number of benzene rings is 1. The zero-order valence-corrected chi connectivity index (χ0v) is 8.59. The summed E-state index contributed by atoms with van der Waals surface area (Å²) in [5, 5.41) is 18.9. The van der Waals surface area contributed by atoms with Gasteiger partial charge in [0.05, 0.1) is 12.6 Å². The molecule has 0 fully saturated rings. The van der Waals surface area contributed by atoms with Crippen LogP contribution in [0, 0.1) is 0 Å². The van der Waals surface area contributed by atoms with Crippen LogP contribution in [0.25, 0.3) is 0 Å². The molecule has 0 saturated heterocycles. The van der Waals surface area contributed by atoms with Crippen molar-refractivity contribution in [1.29, 1.82) is 0 Å². The van der Waals surface area contributed by atoms with Gasteiger partial charge in [0, 0.05) is 6.54 Å². The van der Waals surface area contributed by atoms with Gasteiger partial charge in [-0.1, -0.05) is 6.07 Å². The molecular weight excluding hydrogens is 212 g/mol. The van der Waals surface area contributed by atoms with Gasteiger partial charge in [0.25, 0.3) is 0 Å². The number of phenolic OH excluding ortho intramolecular Hbond substituents is 1. The molecule has 0 radical (unpaired) electrons. The van der Waals surface area contributed by atoms with E-state index in [0.29, 0.717) is 5.56 Å². The van der Waals surface area contributed by atoms with E-state index in [1.54, 1.807) is 0 Å². The van der Waals surface area contributed by atoms with Gasteiger partial charge >= 0.3 is 5.97 Å². The summed E-state index contributed by atoms with van der Waals surface area (Å²) >= 11 is 0. The van der Waals surface area contributed by atoms with Crippen LogP contribution >= 0.6 is 0 Å². The lowest BCUT2D eigenvalue weighted by Crippen LogP contribution is -2.19. The lowest BCUT2D eigenvalue weighted by molar-refractivity contribution is -0.132. The van der Waals surface area contributed by atoms with Crippen LogP contribution in [-0.2, 0) is 4.79 Å². The molecule has 0 aromatic heterocycles. The zero-order chi connectivity index (χ0) is 12.1. The lowest BCUT2D eigenvalue weighted by atomic mass is 10.1. The summed E-state index contributed by atoms with van der Waals surface area (Å²) in [4.78, 5) is 10.9. The molecule has 6 nitrogen and oxygen atoms in total. The molecule has 0 spiro atoms. The van der Waals surface area contributed by atoms with Crippen LogP contribution in [0.4, 0.5) is 0 Å². The van der Waals surface area contributed by atoms with Crippen molar-refractivity contribution in [1.82, 2.24) is 0 Å². The number of hydrogen-bond donors (Lipinski definition) is 4. The fourth-order valence-electron chi connectivity index (χ4n) is 1.12. The molecule has 1 aromatic rings. The third-order valence-corrected chi connectivity index (χ3v) is 1.98. The predicted molar refractivity (Wildman–Crippen MR) is 56.8 cm³/mol. The molecule has 0 heterocycles. The third-order valence-electron chi connectivity index (χ3n) is 1.98. The Morgan fingerprint density at radius 1 is 1.44 bits per heavy atom.